The van der Waals surface area contributed by atoms with E-state index in [0.29, 0.717) is 35.0 Å². The highest BCUT2D eigenvalue weighted by atomic mass is 16.7. The van der Waals surface area contributed by atoms with E-state index in [1.54, 1.807) is 59.4 Å². The SMILES string of the molecule is CCCc1[nH]n(-c2ccccc2)c(=O)c1C1=C([n+]2ccccc2)C(=O)N(c2ccc3c(c2)OCO3)C1=O. The van der Waals surface area contributed by atoms with E-state index in [4.69, 9.17) is 9.47 Å². The fourth-order valence-electron chi connectivity index (χ4n) is 4.72. The highest BCUT2D eigenvalue weighted by molar-refractivity contribution is 6.53. The van der Waals surface area contributed by atoms with Crippen molar-refractivity contribution in [2.75, 3.05) is 11.7 Å². The molecule has 2 aliphatic rings. The van der Waals surface area contributed by atoms with Crippen molar-refractivity contribution in [2.45, 2.75) is 19.8 Å². The molecule has 0 saturated carbocycles. The molecule has 6 rings (SSSR count). The van der Waals surface area contributed by atoms with Crippen LogP contribution in [0.1, 0.15) is 24.6 Å². The summed E-state index contributed by atoms with van der Waals surface area (Å²) in [7, 11) is 0. The third kappa shape index (κ3) is 3.63. The number of aromatic nitrogens is 3. The molecule has 9 nitrogen and oxygen atoms in total. The minimum Gasteiger partial charge on any atom is -0.454 e. The van der Waals surface area contributed by atoms with Crippen LogP contribution >= 0.6 is 0 Å². The standard InChI is InChI=1S/C28H22N4O5/c1-2-9-20-23(27(34)32(29-20)18-10-5-3-6-11-18)24-25(30-14-7-4-8-15-30)28(35)31(26(24)33)19-12-13-21-22(16-19)37-17-36-21/h3-8,10-16H,2,9,17H2,1H3/p+1. The van der Waals surface area contributed by atoms with Crippen LogP contribution in [0.4, 0.5) is 5.69 Å². The van der Waals surface area contributed by atoms with Crippen molar-refractivity contribution >= 4 is 28.8 Å². The topological polar surface area (TPSA) is 97.5 Å². The Morgan fingerprint density at radius 3 is 2.35 bits per heavy atom. The molecule has 184 valence electrons. The summed E-state index contributed by atoms with van der Waals surface area (Å²) in [4.78, 5) is 42.9. The zero-order valence-corrected chi connectivity index (χ0v) is 20.0. The average molecular weight is 496 g/mol. The Balaban J connectivity index is 1.58. The number of fused-ring (bicyclic) bond motifs is 1. The Kier molecular flexibility index (Phi) is 5.45. The van der Waals surface area contributed by atoms with E-state index in [2.05, 4.69) is 5.10 Å². The van der Waals surface area contributed by atoms with Crippen LogP contribution in [0.3, 0.4) is 0 Å². The van der Waals surface area contributed by atoms with Crippen molar-refractivity contribution in [3.8, 4) is 17.2 Å². The maximum Gasteiger partial charge on any atom is 0.331 e. The van der Waals surface area contributed by atoms with E-state index in [0.717, 1.165) is 11.3 Å². The number of rotatable bonds is 6. The zero-order valence-electron chi connectivity index (χ0n) is 20.0. The predicted molar refractivity (Wildman–Crippen MR) is 135 cm³/mol. The number of para-hydroxylation sites is 1. The van der Waals surface area contributed by atoms with E-state index < -0.39 is 17.4 Å². The fraction of sp³-hybridized carbons (Fsp3) is 0.143. The summed E-state index contributed by atoms with van der Waals surface area (Å²) in [6.07, 6.45) is 4.63. The summed E-state index contributed by atoms with van der Waals surface area (Å²) < 4.78 is 13.8. The maximum atomic E-state index is 14.1. The maximum absolute atomic E-state index is 14.1. The monoisotopic (exact) mass is 495 g/mol. The molecule has 0 atom stereocenters. The number of hydrogen-bond donors (Lipinski definition) is 1. The second-order valence-corrected chi connectivity index (χ2v) is 8.68. The van der Waals surface area contributed by atoms with Crippen LogP contribution in [-0.4, -0.2) is 28.4 Å². The molecule has 0 aliphatic carbocycles. The van der Waals surface area contributed by atoms with Gasteiger partial charge in [-0.3, -0.25) is 19.5 Å². The zero-order chi connectivity index (χ0) is 25.5. The summed E-state index contributed by atoms with van der Waals surface area (Å²) in [5.41, 5.74) is 1.52. The lowest BCUT2D eigenvalue weighted by atomic mass is 10.0. The van der Waals surface area contributed by atoms with Crippen molar-refractivity contribution in [2.24, 2.45) is 0 Å². The van der Waals surface area contributed by atoms with Gasteiger partial charge < -0.3 is 9.47 Å². The van der Waals surface area contributed by atoms with Crippen molar-refractivity contribution in [3.63, 3.8) is 0 Å². The van der Waals surface area contributed by atoms with Gasteiger partial charge in [-0.05, 0) is 30.7 Å². The number of anilines is 1. The fourth-order valence-corrected chi connectivity index (χ4v) is 4.72. The van der Waals surface area contributed by atoms with Crippen LogP contribution in [0.5, 0.6) is 11.5 Å². The number of carbonyl (C=O) groups excluding carboxylic acids is 2. The molecule has 0 radical (unpaired) electrons. The largest absolute Gasteiger partial charge is 0.454 e. The van der Waals surface area contributed by atoms with Crippen LogP contribution in [-0.2, 0) is 16.0 Å². The van der Waals surface area contributed by atoms with E-state index >= 15 is 0 Å². The first-order valence-corrected chi connectivity index (χ1v) is 12.0. The molecule has 4 heterocycles. The van der Waals surface area contributed by atoms with Gasteiger partial charge in [-0.1, -0.05) is 37.6 Å². The average Bonchev–Trinajstić information content (AvgIpc) is 3.59. The molecule has 37 heavy (non-hydrogen) atoms. The molecule has 0 saturated heterocycles. The molecule has 4 aromatic rings. The highest BCUT2D eigenvalue weighted by Gasteiger charge is 2.48. The molecule has 2 aliphatic heterocycles. The van der Waals surface area contributed by atoms with Gasteiger partial charge in [0.25, 0.3) is 17.2 Å². The van der Waals surface area contributed by atoms with E-state index in [-0.39, 0.29) is 23.6 Å². The van der Waals surface area contributed by atoms with Crippen molar-refractivity contribution in [1.82, 2.24) is 9.78 Å². The predicted octanol–water partition coefficient (Wildman–Crippen LogP) is 3.08. The van der Waals surface area contributed by atoms with Gasteiger partial charge in [0, 0.05) is 23.9 Å². The summed E-state index contributed by atoms with van der Waals surface area (Å²) in [6, 6.07) is 19.4. The van der Waals surface area contributed by atoms with Crippen LogP contribution < -0.4 is 24.5 Å². The van der Waals surface area contributed by atoms with Crippen LogP contribution in [0.2, 0.25) is 0 Å². The molecular formula is C28H23N4O5+. The van der Waals surface area contributed by atoms with Gasteiger partial charge in [0.1, 0.15) is 5.57 Å². The number of hydrogen-bond acceptors (Lipinski definition) is 5. The van der Waals surface area contributed by atoms with Crippen LogP contribution in [0, 0.1) is 0 Å². The Labute approximate surface area is 211 Å². The number of imide groups is 1. The minimum atomic E-state index is -0.580. The number of carbonyl (C=O) groups is 2. The van der Waals surface area contributed by atoms with Crippen molar-refractivity contribution in [3.05, 3.63) is 101 Å². The molecule has 9 heteroatoms. The van der Waals surface area contributed by atoms with E-state index in [1.165, 1.54) is 4.68 Å². The molecule has 0 bridgehead atoms. The van der Waals surface area contributed by atoms with Crippen molar-refractivity contribution < 1.29 is 23.6 Å². The normalized spacial score (nSPS) is 14.7. The van der Waals surface area contributed by atoms with Crippen molar-refractivity contribution in [1.29, 1.82) is 0 Å². The second-order valence-electron chi connectivity index (χ2n) is 8.68. The molecule has 0 unspecified atom stereocenters. The van der Waals surface area contributed by atoms with Gasteiger partial charge in [-0.25, -0.2) is 9.58 Å². The van der Waals surface area contributed by atoms with Gasteiger partial charge in [-0.15, -0.1) is 0 Å². The molecule has 2 aromatic heterocycles. The van der Waals surface area contributed by atoms with Gasteiger partial charge in [0.05, 0.1) is 16.9 Å². The summed E-state index contributed by atoms with van der Waals surface area (Å²) in [6.45, 7) is 2.06. The number of H-pyrrole nitrogens is 1. The number of aromatic amines is 1. The van der Waals surface area contributed by atoms with Crippen LogP contribution in [0.25, 0.3) is 17.0 Å². The smallest absolute Gasteiger partial charge is 0.331 e. The third-order valence-corrected chi connectivity index (χ3v) is 6.38. The van der Waals surface area contributed by atoms with Gasteiger partial charge in [0.2, 0.25) is 6.79 Å². The second kappa shape index (κ2) is 8.94. The molecule has 1 N–H and O–H groups in total. The summed E-state index contributed by atoms with van der Waals surface area (Å²) in [5, 5.41) is 3.18. The molecule has 0 spiro atoms. The molecular weight excluding hydrogens is 472 g/mol. The van der Waals surface area contributed by atoms with Crippen LogP contribution in [0.15, 0.2) is 83.9 Å². The number of nitrogens with zero attached hydrogens (tertiary/aromatic N) is 3. The number of nitrogens with one attached hydrogen (secondary N) is 1. The lowest BCUT2D eigenvalue weighted by Gasteiger charge is -2.14. The Morgan fingerprint density at radius 1 is 0.865 bits per heavy atom. The Bertz CT molecular complexity index is 1620. The third-order valence-electron chi connectivity index (χ3n) is 6.38. The molecule has 0 fully saturated rings. The first-order valence-electron chi connectivity index (χ1n) is 12.0. The summed E-state index contributed by atoms with van der Waals surface area (Å²) >= 11 is 0. The van der Waals surface area contributed by atoms with E-state index in [9.17, 15) is 14.4 Å². The number of amides is 2. The lowest BCUT2D eigenvalue weighted by Crippen LogP contribution is -2.39. The highest BCUT2D eigenvalue weighted by Crippen LogP contribution is 2.39. The summed E-state index contributed by atoms with van der Waals surface area (Å²) in [5.74, 6) is -0.135. The van der Waals surface area contributed by atoms with Gasteiger partial charge in [0.15, 0.2) is 23.9 Å². The number of benzene rings is 2. The minimum absolute atomic E-state index is 0.0539. The number of ether oxygens (including phenoxy) is 2. The number of aryl methyl sites for hydroxylation is 1. The van der Waals surface area contributed by atoms with E-state index in [1.807, 2.05) is 31.2 Å². The Hall–Kier alpha value is -4.92. The Morgan fingerprint density at radius 2 is 1.59 bits per heavy atom. The molecule has 2 amide bonds. The van der Waals surface area contributed by atoms with Gasteiger partial charge >= 0.3 is 5.91 Å². The number of pyridine rings is 1. The lowest BCUT2D eigenvalue weighted by molar-refractivity contribution is -0.576. The first-order chi connectivity index (χ1) is 18.1. The molecule has 2 aromatic carbocycles. The first kappa shape index (κ1) is 22.5. The quantitative estimate of drug-likeness (QED) is 0.328. The van der Waals surface area contributed by atoms with Gasteiger partial charge in [-0.2, -0.15) is 4.57 Å².